The number of esters is 1. The van der Waals surface area contributed by atoms with Crippen molar-refractivity contribution in [2.75, 3.05) is 32.8 Å². The number of nitrogens with zero attached hydrogens (tertiary/aromatic N) is 3. The zero-order valence-corrected chi connectivity index (χ0v) is 19.5. The monoisotopic (exact) mass is 473 g/mol. The lowest BCUT2D eigenvalue weighted by atomic mass is 9.96. The van der Waals surface area contributed by atoms with E-state index in [9.17, 15) is 19.7 Å². The van der Waals surface area contributed by atoms with Gasteiger partial charge in [0.05, 0.1) is 23.1 Å². The molecule has 0 aliphatic carbocycles. The molecule has 0 atom stereocenters. The van der Waals surface area contributed by atoms with E-state index in [4.69, 9.17) is 4.74 Å². The molecule has 4 rings (SSSR count). The number of carbonyl (C=O) groups excluding carboxylic acids is 2. The molecule has 180 valence electrons. The third kappa shape index (κ3) is 5.55. The Bertz CT molecular complexity index is 1150. The van der Waals surface area contributed by atoms with E-state index in [1.54, 1.807) is 11.8 Å². The van der Waals surface area contributed by atoms with Crippen LogP contribution in [0, 0.1) is 10.1 Å². The van der Waals surface area contributed by atoms with Crippen molar-refractivity contribution in [3.05, 3.63) is 111 Å². The maximum Gasteiger partial charge on any atom is 0.338 e. The topological polar surface area (TPSA) is 93.0 Å². The van der Waals surface area contributed by atoms with Gasteiger partial charge in [0, 0.05) is 43.9 Å². The van der Waals surface area contributed by atoms with E-state index >= 15 is 0 Å². The van der Waals surface area contributed by atoms with Gasteiger partial charge in [0.1, 0.15) is 0 Å². The van der Waals surface area contributed by atoms with E-state index in [0.717, 1.165) is 6.07 Å². The largest absolute Gasteiger partial charge is 0.462 e. The zero-order chi connectivity index (χ0) is 24.8. The molecule has 0 radical (unpaired) electrons. The molecule has 3 aromatic rings. The molecule has 1 saturated heterocycles. The van der Waals surface area contributed by atoms with Crippen LogP contribution in [-0.4, -0.2) is 59.4 Å². The first-order chi connectivity index (χ1) is 17.0. The Kier molecular flexibility index (Phi) is 7.52. The van der Waals surface area contributed by atoms with Gasteiger partial charge >= 0.3 is 5.97 Å². The van der Waals surface area contributed by atoms with E-state index in [-0.39, 0.29) is 35.4 Å². The van der Waals surface area contributed by atoms with Crippen LogP contribution < -0.4 is 0 Å². The highest BCUT2D eigenvalue weighted by Gasteiger charge is 2.29. The Morgan fingerprint density at radius 1 is 0.886 bits per heavy atom. The van der Waals surface area contributed by atoms with Crippen LogP contribution in [0.4, 0.5) is 5.69 Å². The number of nitro groups is 1. The number of carbonyl (C=O) groups is 2. The Balaban J connectivity index is 1.53. The minimum Gasteiger partial charge on any atom is -0.462 e. The van der Waals surface area contributed by atoms with Crippen LogP contribution in [-0.2, 0) is 4.74 Å². The summed E-state index contributed by atoms with van der Waals surface area (Å²) in [5.41, 5.74) is 2.15. The van der Waals surface area contributed by atoms with E-state index in [1.807, 2.05) is 36.4 Å². The number of benzene rings is 3. The van der Waals surface area contributed by atoms with Crippen molar-refractivity contribution in [1.29, 1.82) is 0 Å². The molecule has 0 aromatic heterocycles. The molecule has 35 heavy (non-hydrogen) atoms. The number of non-ortho nitro benzene ring substituents is 1. The summed E-state index contributed by atoms with van der Waals surface area (Å²) < 4.78 is 4.97. The lowest BCUT2D eigenvalue weighted by Crippen LogP contribution is -2.49. The van der Waals surface area contributed by atoms with Crippen LogP contribution in [0.2, 0.25) is 0 Å². The van der Waals surface area contributed by atoms with Gasteiger partial charge in [-0.2, -0.15) is 0 Å². The van der Waals surface area contributed by atoms with Crippen molar-refractivity contribution < 1.29 is 19.2 Å². The summed E-state index contributed by atoms with van der Waals surface area (Å²) in [5.74, 6) is -1.03. The molecule has 0 spiro atoms. The maximum atomic E-state index is 13.3. The molecule has 3 aromatic carbocycles. The minimum atomic E-state index is -0.691. The third-order valence-electron chi connectivity index (χ3n) is 6.08. The number of piperazine rings is 1. The quantitative estimate of drug-likeness (QED) is 0.288. The predicted molar refractivity (Wildman–Crippen MR) is 131 cm³/mol. The molecule has 0 bridgehead atoms. The van der Waals surface area contributed by atoms with Crippen LogP contribution in [0.1, 0.15) is 44.8 Å². The van der Waals surface area contributed by atoms with Gasteiger partial charge in [-0.05, 0) is 24.1 Å². The second-order valence-electron chi connectivity index (χ2n) is 8.30. The smallest absolute Gasteiger partial charge is 0.338 e. The van der Waals surface area contributed by atoms with Gasteiger partial charge in [-0.25, -0.2) is 4.79 Å². The summed E-state index contributed by atoms with van der Waals surface area (Å²) in [4.78, 5) is 40.2. The Labute approximate surface area is 203 Å². The van der Waals surface area contributed by atoms with Crippen LogP contribution in [0.3, 0.4) is 0 Å². The summed E-state index contributed by atoms with van der Waals surface area (Å²) in [5, 5.41) is 11.4. The minimum absolute atomic E-state index is 0.00347. The first-order valence-corrected chi connectivity index (χ1v) is 11.6. The Morgan fingerprint density at radius 3 is 1.94 bits per heavy atom. The van der Waals surface area contributed by atoms with E-state index in [0.29, 0.717) is 26.2 Å². The highest BCUT2D eigenvalue weighted by atomic mass is 16.6. The first-order valence-electron chi connectivity index (χ1n) is 11.6. The molecule has 0 saturated carbocycles. The molecular weight excluding hydrogens is 446 g/mol. The number of rotatable bonds is 7. The molecule has 1 fully saturated rings. The summed E-state index contributed by atoms with van der Waals surface area (Å²) in [7, 11) is 0. The molecule has 8 heteroatoms. The van der Waals surface area contributed by atoms with Gasteiger partial charge in [-0.1, -0.05) is 60.7 Å². The van der Waals surface area contributed by atoms with Gasteiger partial charge < -0.3 is 9.64 Å². The van der Waals surface area contributed by atoms with Crippen LogP contribution in [0.15, 0.2) is 78.9 Å². The molecule has 1 aliphatic rings. The number of amides is 1. The van der Waals surface area contributed by atoms with Crippen molar-refractivity contribution in [2.45, 2.75) is 13.0 Å². The number of hydrogen-bond acceptors (Lipinski definition) is 6. The van der Waals surface area contributed by atoms with Crippen molar-refractivity contribution >= 4 is 17.6 Å². The fraction of sp³-hybridized carbons (Fsp3) is 0.259. The fourth-order valence-electron chi connectivity index (χ4n) is 4.42. The van der Waals surface area contributed by atoms with Gasteiger partial charge in [-0.3, -0.25) is 19.8 Å². The number of hydrogen-bond donors (Lipinski definition) is 0. The molecular formula is C27H27N3O5. The lowest BCUT2D eigenvalue weighted by molar-refractivity contribution is -0.384. The highest BCUT2D eigenvalue weighted by molar-refractivity contribution is 5.99. The summed E-state index contributed by atoms with van der Waals surface area (Å²) >= 11 is 0. The SMILES string of the molecule is CCOC(=O)c1cc(C(=O)N2CCN(C(c3ccccc3)c3ccccc3)CC2)cc([N+](=O)[O-])c1. The maximum absolute atomic E-state index is 13.3. The van der Waals surface area contributed by atoms with Gasteiger partial charge in [0.2, 0.25) is 0 Å². The average Bonchev–Trinajstić information content (AvgIpc) is 2.90. The first kappa shape index (κ1) is 24.1. The van der Waals surface area contributed by atoms with Crippen LogP contribution in [0.5, 0.6) is 0 Å². The Hall–Kier alpha value is -4.04. The zero-order valence-electron chi connectivity index (χ0n) is 19.5. The van der Waals surface area contributed by atoms with Crippen molar-refractivity contribution in [1.82, 2.24) is 9.80 Å². The summed E-state index contributed by atoms with van der Waals surface area (Å²) in [6.45, 7) is 3.99. The van der Waals surface area contributed by atoms with Crippen molar-refractivity contribution in [2.24, 2.45) is 0 Å². The summed E-state index contributed by atoms with van der Waals surface area (Å²) in [6, 6.07) is 24.3. The van der Waals surface area contributed by atoms with E-state index < -0.39 is 10.9 Å². The van der Waals surface area contributed by atoms with Crippen molar-refractivity contribution in [3.63, 3.8) is 0 Å². The van der Waals surface area contributed by atoms with Crippen molar-refractivity contribution in [3.8, 4) is 0 Å². The molecule has 0 N–H and O–H groups in total. The summed E-state index contributed by atoms with van der Waals surface area (Å²) in [6.07, 6.45) is 0. The molecule has 1 aliphatic heterocycles. The van der Waals surface area contributed by atoms with Gasteiger partial charge in [0.15, 0.2) is 0 Å². The average molecular weight is 474 g/mol. The van der Waals surface area contributed by atoms with Crippen LogP contribution >= 0.6 is 0 Å². The lowest BCUT2D eigenvalue weighted by Gasteiger charge is -2.39. The second kappa shape index (κ2) is 10.9. The third-order valence-corrected chi connectivity index (χ3v) is 6.08. The number of nitro benzene ring substituents is 1. The molecule has 0 unspecified atom stereocenters. The normalized spacial score (nSPS) is 14.1. The Morgan fingerprint density at radius 2 is 1.43 bits per heavy atom. The van der Waals surface area contributed by atoms with Crippen LogP contribution in [0.25, 0.3) is 0 Å². The predicted octanol–water partition coefficient (Wildman–Crippen LogP) is 4.32. The standard InChI is InChI=1S/C27H27N3O5/c1-2-35-27(32)23-17-22(18-24(19-23)30(33)34)26(31)29-15-13-28(14-16-29)25(20-9-5-3-6-10-20)21-11-7-4-8-12-21/h3-12,17-19,25H,2,13-16H2,1H3. The number of ether oxygens (including phenoxy) is 1. The van der Waals surface area contributed by atoms with Gasteiger partial charge in [0.25, 0.3) is 11.6 Å². The van der Waals surface area contributed by atoms with E-state index in [2.05, 4.69) is 29.2 Å². The van der Waals surface area contributed by atoms with E-state index in [1.165, 1.54) is 23.3 Å². The molecule has 1 amide bonds. The second-order valence-corrected chi connectivity index (χ2v) is 8.30. The fourth-order valence-corrected chi connectivity index (χ4v) is 4.42. The highest BCUT2D eigenvalue weighted by Crippen LogP contribution is 2.30. The molecule has 8 nitrogen and oxygen atoms in total. The molecule has 1 heterocycles. The van der Waals surface area contributed by atoms with Gasteiger partial charge in [-0.15, -0.1) is 0 Å².